The Bertz CT molecular complexity index is 860. The smallest absolute Gasteiger partial charge is 0.254 e. The number of carbonyl (C=O) groups is 2. The highest BCUT2D eigenvalue weighted by atomic mass is 79.9. The van der Waals surface area contributed by atoms with E-state index in [-0.39, 0.29) is 47.0 Å². The summed E-state index contributed by atoms with van der Waals surface area (Å²) in [5, 5.41) is 15.1. The molecule has 134 valence electrons. The summed E-state index contributed by atoms with van der Waals surface area (Å²) >= 11 is 3.25. The first kappa shape index (κ1) is 16.1. The number of phenols is 1. The fourth-order valence-corrected chi connectivity index (χ4v) is 5.46. The van der Waals surface area contributed by atoms with Crippen LogP contribution in [0, 0.1) is 35.5 Å². The Labute approximate surface area is 158 Å². The van der Waals surface area contributed by atoms with Gasteiger partial charge in [-0.1, -0.05) is 12.2 Å². The van der Waals surface area contributed by atoms with E-state index in [1.165, 1.54) is 13.3 Å². The number of imide groups is 1. The number of amides is 2. The average Bonchev–Trinajstić information content (AvgIpc) is 3.41. The molecule has 2 amide bonds. The van der Waals surface area contributed by atoms with E-state index in [0.29, 0.717) is 21.9 Å². The van der Waals surface area contributed by atoms with Crippen molar-refractivity contribution in [2.24, 2.45) is 40.6 Å². The number of hydrogen-bond donors (Lipinski definition) is 1. The lowest BCUT2D eigenvalue weighted by Gasteiger charge is -2.37. The van der Waals surface area contributed by atoms with E-state index in [0.717, 1.165) is 11.4 Å². The lowest BCUT2D eigenvalue weighted by atomic mass is 9.63. The molecule has 1 aliphatic heterocycles. The number of ether oxygens (including phenoxy) is 1. The Morgan fingerprint density at radius 3 is 2.38 bits per heavy atom. The zero-order valence-corrected chi connectivity index (χ0v) is 15.6. The van der Waals surface area contributed by atoms with Crippen molar-refractivity contribution in [3.63, 3.8) is 0 Å². The van der Waals surface area contributed by atoms with Crippen molar-refractivity contribution < 1.29 is 19.4 Å². The molecule has 2 bridgehead atoms. The summed E-state index contributed by atoms with van der Waals surface area (Å²) in [7, 11) is 1.45. The van der Waals surface area contributed by atoms with Gasteiger partial charge in [0.1, 0.15) is 0 Å². The second-order valence-corrected chi connectivity index (χ2v) is 8.30. The number of methoxy groups -OCH3 is 1. The molecule has 0 radical (unpaired) electrons. The van der Waals surface area contributed by atoms with E-state index in [4.69, 9.17) is 4.74 Å². The predicted octanol–water partition coefficient (Wildman–Crippen LogP) is 2.55. The number of hydrogen-bond acceptors (Lipinski definition) is 5. The van der Waals surface area contributed by atoms with Crippen LogP contribution in [0.3, 0.4) is 0 Å². The molecule has 2 saturated carbocycles. The molecule has 6 nitrogen and oxygen atoms in total. The second kappa shape index (κ2) is 5.42. The molecule has 6 unspecified atom stereocenters. The minimum atomic E-state index is -0.250. The van der Waals surface area contributed by atoms with E-state index in [2.05, 4.69) is 33.2 Å². The van der Waals surface area contributed by atoms with Gasteiger partial charge in [-0.15, -0.1) is 0 Å². The molecule has 6 atom stereocenters. The first-order chi connectivity index (χ1) is 12.5. The van der Waals surface area contributed by atoms with E-state index in [1.807, 2.05) is 0 Å². The summed E-state index contributed by atoms with van der Waals surface area (Å²) in [6, 6.07) is 3.25. The Kier molecular flexibility index (Phi) is 3.35. The number of phenolic OH excluding ortho intramolecular Hbond substituents is 1. The van der Waals surface area contributed by atoms with Crippen molar-refractivity contribution in [3.8, 4) is 11.5 Å². The van der Waals surface area contributed by atoms with Crippen LogP contribution in [-0.4, -0.2) is 35.3 Å². The average molecular weight is 417 g/mol. The normalized spacial score (nSPS) is 36.6. The topological polar surface area (TPSA) is 79.2 Å². The van der Waals surface area contributed by atoms with E-state index < -0.39 is 0 Å². The van der Waals surface area contributed by atoms with Crippen molar-refractivity contribution in [1.82, 2.24) is 5.01 Å². The molecule has 1 saturated heterocycles. The van der Waals surface area contributed by atoms with Gasteiger partial charge in [0, 0.05) is 0 Å². The summed E-state index contributed by atoms with van der Waals surface area (Å²) in [4.78, 5) is 25.7. The van der Waals surface area contributed by atoms with Gasteiger partial charge >= 0.3 is 0 Å². The SMILES string of the molecule is COc1cc(/C=N/N2C(=O)C3C4C=CC(C5CC45)C3C2=O)cc(Br)c1O. The van der Waals surface area contributed by atoms with Crippen LogP contribution < -0.4 is 4.74 Å². The number of allylic oxidation sites excluding steroid dienone is 2. The highest BCUT2D eigenvalue weighted by Gasteiger charge is 2.67. The number of hydrazone groups is 1. The van der Waals surface area contributed by atoms with Gasteiger partial charge in [0.25, 0.3) is 11.8 Å². The first-order valence-corrected chi connectivity index (χ1v) is 9.47. The molecular formula is C19H17BrN2O4. The van der Waals surface area contributed by atoms with Crippen LogP contribution in [0.25, 0.3) is 0 Å². The Hall–Kier alpha value is -2.15. The first-order valence-electron chi connectivity index (χ1n) is 8.68. The third kappa shape index (κ3) is 2.06. The monoisotopic (exact) mass is 416 g/mol. The predicted molar refractivity (Wildman–Crippen MR) is 96.5 cm³/mol. The summed E-state index contributed by atoms with van der Waals surface area (Å²) in [6.07, 6.45) is 6.87. The Morgan fingerprint density at radius 1 is 1.19 bits per heavy atom. The van der Waals surface area contributed by atoms with Crippen LogP contribution in [0.5, 0.6) is 11.5 Å². The van der Waals surface area contributed by atoms with Gasteiger partial charge in [0.2, 0.25) is 0 Å². The molecule has 1 aromatic rings. The minimum absolute atomic E-state index is 0.00845. The van der Waals surface area contributed by atoms with Crippen LogP contribution in [0.15, 0.2) is 33.9 Å². The fraction of sp³-hybridized carbons (Fsp3) is 0.421. The van der Waals surface area contributed by atoms with Crippen LogP contribution in [-0.2, 0) is 9.59 Å². The van der Waals surface area contributed by atoms with Gasteiger partial charge in [-0.3, -0.25) is 9.59 Å². The molecular weight excluding hydrogens is 400 g/mol. The zero-order valence-electron chi connectivity index (χ0n) is 14.0. The van der Waals surface area contributed by atoms with Crippen molar-refractivity contribution in [2.75, 3.05) is 7.11 Å². The molecule has 26 heavy (non-hydrogen) atoms. The number of nitrogens with zero attached hydrogens (tertiary/aromatic N) is 2. The molecule has 5 aliphatic rings. The zero-order chi connectivity index (χ0) is 18.2. The molecule has 0 spiro atoms. The molecule has 7 heteroatoms. The number of rotatable bonds is 3. The van der Waals surface area contributed by atoms with Crippen molar-refractivity contribution in [1.29, 1.82) is 0 Å². The van der Waals surface area contributed by atoms with Crippen molar-refractivity contribution in [2.45, 2.75) is 6.42 Å². The number of aromatic hydroxyl groups is 1. The van der Waals surface area contributed by atoms with E-state index in [1.54, 1.807) is 12.1 Å². The van der Waals surface area contributed by atoms with Crippen molar-refractivity contribution >= 4 is 34.0 Å². The molecule has 4 aliphatic carbocycles. The molecule has 1 aromatic carbocycles. The van der Waals surface area contributed by atoms with Crippen LogP contribution >= 0.6 is 15.9 Å². The van der Waals surface area contributed by atoms with E-state index >= 15 is 0 Å². The lowest BCUT2D eigenvalue weighted by molar-refractivity contribution is -0.140. The highest BCUT2D eigenvalue weighted by molar-refractivity contribution is 9.10. The summed E-state index contributed by atoms with van der Waals surface area (Å²) in [6.45, 7) is 0. The second-order valence-electron chi connectivity index (χ2n) is 7.44. The maximum absolute atomic E-state index is 12.9. The molecule has 3 fully saturated rings. The standard InChI is InChI=1S/C19H17BrN2O4/c1-26-14-5-8(4-13(20)17(14)23)7-21-22-18(24)15-9-2-3-10(12-6-11(9)12)16(15)19(22)25/h2-5,7,9-12,15-16,23H,6H2,1H3/b21-7+. The van der Waals surface area contributed by atoms with Gasteiger partial charge in [-0.05, 0) is 63.7 Å². The maximum Gasteiger partial charge on any atom is 0.254 e. The lowest BCUT2D eigenvalue weighted by Crippen LogP contribution is -2.40. The Balaban J connectivity index is 1.44. The summed E-state index contributed by atoms with van der Waals surface area (Å²) in [5.41, 5.74) is 0.617. The van der Waals surface area contributed by atoms with Gasteiger partial charge < -0.3 is 9.84 Å². The summed E-state index contributed by atoms with van der Waals surface area (Å²) in [5.74, 6) is 0.926. The van der Waals surface area contributed by atoms with E-state index in [9.17, 15) is 14.7 Å². The van der Waals surface area contributed by atoms with Crippen LogP contribution in [0.1, 0.15) is 12.0 Å². The number of carbonyl (C=O) groups excluding carboxylic acids is 2. The van der Waals surface area contributed by atoms with Crippen molar-refractivity contribution in [3.05, 3.63) is 34.3 Å². The minimum Gasteiger partial charge on any atom is -0.503 e. The van der Waals surface area contributed by atoms with Gasteiger partial charge in [0.15, 0.2) is 11.5 Å². The summed E-state index contributed by atoms with van der Waals surface area (Å²) < 4.78 is 5.57. The van der Waals surface area contributed by atoms with Gasteiger partial charge in [0.05, 0.1) is 29.6 Å². The number of benzene rings is 1. The quantitative estimate of drug-likeness (QED) is 0.466. The number of halogens is 1. The van der Waals surface area contributed by atoms with Gasteiger partial charge in [-0.2, -0.15) is 10.1 Å². The van der Waals surface area contributed by atoms with Gasteiger partial charge in [-0.25, -0.2) is 0 Å². The van der Waals surface area contributed by atoms with Crippen LogP contribution in [0.4, 0.5) is 0 Å². The Morgan fingerprint density at radius 2 is 1.81 bits per heavy atom. The third-order valence-electron chi connectivity index (χ3n) is 6.23. The largest absolute Gasteiger partial charge is 0.503 e. The fourth-order valence-electron chi connectivity index (χ4n) is 5.00. The molecule has 0 aromatic heterocycles. The third-order valence-corrected chi connectivity index (χ3v) is 6.84. The highest BCUT2D eigenvalue weighted by Crippen LogP contribution is 2.65. The molecule has 1 heterocycles. The van der Waals surface area contributed by atoms with Crippen LogP contribution in [0.2, 0.25) is 0 Å². The molecule has 1 N–H and O–H groups in total. The molecule has 6 rings (SSSR count). The maximum atomic E-state index is 12.9.